The number of aromatic nitrogens is 2. The van der Waals surface area contributed by atoms with Crippen molar-refractivity contribution in [3.63, 3.8) is 0 Å². The van der Waals surface area contributed by atoms with Gasteiger partial charge >= 0.3 is 0 Å². The van der Waals surface area contributed by atoms with Crippen molar-refractivity contribution < 1.29 is 4.79 Å². The van der Waals surface area contributed by atoms with Gasteiger partial charge in [0.1, 0.15) is 0 Å². The first-order chi connectivity index (χ1) is 13.1. The van der Waals surface area contributed by atoms with Crippen LogP contribution in [0.3, 0.4) is 0 Å². The first-order valence-corrected chi connectivity index (χ1v) is 10.5. The largest absolute Gasteiger partial charge is 0.355 e. The Labute approximate surface area is 167 Å². The second-order valence-electron chi connectivity index (χ2n) is 6.27. The fourth-order valence-electron chi connectivity index (χ4n) is 2.42. The van der Waals surface area contributed by atoms with E-state index in [0.717, 1.165) is 15.2 Å². The van der Waals surface area contributed by atoms with Crippen molar-refractivity contribution in [2.75, 3.05) is 17.6 Å². The molecular weight excluding hydrogens is 376 g/mol. The Morgan fingerprint density at radius 3 is 2.59 bits per heavy atom. The molecule has 0 spiro atoms. The van der Waals surface area contributed by atoms with E-state index in [-0.39, 0.29) is 11.8 Å². The van der Waals surface area contributed by atoms with Crippen molar-refractivity contribution >= 4 is 39.8 Å². The second-order valence-corrected chi connectivity index (χ2v) is 8.47. The molecule has 0 radical (unpaired) electrons. The van der Waals surface area contributed by atoms with E-state index in [1.165, 1.54) is 34.2 Å². The number of hydrogen-bond donors (Lipinski definition) is 2. The van der Waals surface area contributed by atoms with Crippen LogP contribution < -0.4 is 10.6 Å². The summed E-state index contributed by atoms with van der Waals surface area (Å²) in [4.78, 5) is 12.1. The number of rotatable bonds is 8. The first-order valence-electron chi connectivity index (χ1n) is 8.72. The number of anilines is 2. The van der Waals surface area contributed by atoms with Crippen molar-refractivity contribution in [3.05, 3.63) is 65.7 Å². The lowest BCUT2D eigenvalue weighted by Gasteiger charge is -2.12. The summed E-state index contributed by atoms with van der Waals surface area (Å²) in [5.74, 6) is 0.624. The molecule has 0 bridgehead atoms. The maximum atomic E-state index is 12.1. The third-order valence-corrected chi connectivity index (χ3v) is 5.98. The van der Waals surface area contributed by atoms with E-state index in [1.807, 2.05) is 42.5 Å². The van der Waals surface area contributed by atoms with Gasteiger partial charge in [0.2, 0.25) is 11.0 Å². The minimum absolute atomic E-state index is 0.00558. The smallest absolute Gasteiger partial charge is 0.230 e. The van der Waals surface area contributed by atoms with Crippen LogP contribution in [0.5, 0.6) is 0 Å². The maximum Gasteiger partial charge on any atom is 0.230 e. The Bertz CT molecular complexity index is 865. The summed E-state index contributed by atoms with van der Waals surface area (Å²) in [7, 11) is 0. The molecule has 1 aromatic heterocycles. The van der Waals surface area contributed by atoms with E-state index in [0.29, 0.717) is 12.3 Å². The average Bonchev–Trinajstić information content (AvgIpc) is 3.14. The van der Waals surface area contributed by atoms with Gasteiger partial charge in [0.05, 0.1) is 5.75 Å². The molecule has 0 aliphatic heterocycles. The number of benzene rings is 2. The fraction of sp³-hybridized carbons (Fsp3) is 0.250. The van der Waals surface area contributed by atoms with Crippen LogP contribution in [0.2, 0.25) is 0 Å². The number of carbonyl (C=O) groups is 1. The lowest BCUT2D eigenvalue weighted by atomic mass is 10.0. The molecular formula is C20H22N4OS2. The van der Waals surface area contributed by atoms with Gasteiger partial charge in [-0.25, -0.2) is 0 Å². The van der Waals surface area contributed by atoms with Crippen LogP contribution in [0.25, 0.3) is 0 Å². The van der Waals surface area contributed by atoms with Gasteiger partial charge < -0.3 is 10.6 Å². The number of hydrogen-bond acceptors (Lipinski definition) is 6. The molecule has 27 heavy (non-hydrogen) atoms. The summed E-state index contributed by atoms with van der Waals surface area (Å²) in [6, 6.07) is 18.3. The van der Waals surface area contributed by atoms with Crippen LogP contribution >= 0.6 is 23.1 Å². The minimum Gasteiger partial charge on any atom is -0.355 e. The van der Waals surface area contributed by atoms with Gasteiger partial charge in [-0.05, 0) is 30.5 Å². The van der Waals surface area contributed by atoms with Gasteiger partial charge in [0.15, 0.2) is 4.34 Å². The number of carbonyl (C=O) groups excluding carboxylic acids is 1. The summed E-state index contributed by atoms with van der Waals surface area (Å²) in [6.07, 6.45) is 0. The van der Waals surface area contributed by atoms with E-state index >= 15 is 0 Å². The molecule has 0 aliphatic rings. The van der Waals surface area contributed by atoms with Gasteiger partial charge in [0.25, 0.3) is 0 Å². The minimum atomic E-state index is 0.00558. The molecule has 5 nitrogen and oxygen atoms in total. The van der Waals surface area contributed by atoms with Crippen molar-refractivity contribution in [2.24, 2.45) is 0 Å². The molecule has 3 aromatic rings. The standard InChI is InChI=1S/C20H22N4OS2/c1-14-8-10-17(11-9-14)22-19-23-24-20(27-19)26-13-18(25)21-12-15(2)16-6-4-3-5-7-16/h3-11,15H,12-13H2,1-2H3,(H,21,25)(H,22,23). The zero-order valence-electron chi connectivity index (χ0n) is 15.3. The predicted molar refractivity (Wildman–Crippen MR) is 113 cm³/mol. The Kier molecular flexibility index (Phi) is 6.84. The summed E-state index contributed by atoms with van der Waals surface area (Å²) in [5.41, 5.74) is 3.41. The molecule has 0 saturated carbocycles. The normalized spacial score (nSPS) is 11.8. The van der Waals surface area contributed by atoms with Crippen molar-refractivity contribution in [1.82, 2.24) is 15.5 Å². The highest BCUT2D eigenvalue weighted by Crippen LogP contribution is 2.27. The van der Waals surface area contributed by atoms with Gasteiger partial charge in [-0.1, -0.05) is 78.1 Å². The molecule has 1 unspecified atom stereocenters. The molecule has 2 aromatic carbocycles. The zero-order valence-corrected chi connectivity index (χ0v) is 16.9. The lowest BCUT2D eigenvalue weighted by molar-refractivity contribution is -0.118. The highest BCUT2D eigenvalue weighted by atomic mass is 32.2. The van der Waals surface area contributed by atoms with Gasteiger partial charge in [-0.3, -0.25) is 4.79 Å². The molecule has 1 heterocycles. The molecule has 0 saturated heterocycles. The number of amides is 1. The Hall–Kier alpha value is -2.38. The number of nitrogens with zero attached hydrogens (tertiary/aromatic N) is 2. The SMILES string of the molecule is Cc1ccc(Nc2nnc(SCC(=O)NCC(C)c3ccccc3)s2)cc1. The van der Waals surface area contributed by atoms with Gasteiger partial charge in [-0.15, -0.1) is 10.2 Å². The Morgan fingerprint density at radius 1 is 1.11 bits per heavy atom. The van der Waals surface area contributed by atoms with Crippen LogP contribution in [0.4, 0.5) is 10.8 Å². The third kappa shape index (κ3) is 6.08. The molecule has 1 atom stereocenters. The number of nitrogens with one attached hydrogen (secondary N) is 2. The van der Waals surface area contributed by atoms with E-state index < -0.39 is 0 Å². The van der Waals surface area contributed by atoms with Crippen LogP contribution in [-0.2, 0) is 4.79 Å². The predicted octanol–water partition coefficient (Wildman–Crippen LogP) is 4.60. The molecule has 7 heteroatoms. The van der Waals surface area contributed by atoms with Crippen LogP contribution in [0, 0.1) is 6.92 Å². The van der Waals surface area contributed by atoms with Crippen molar-refractivity contribution in [1.29, 1.82) is 0 Å². The number of aryl methyl sites for hydroxylation is 1. The summed E-state index contributed by atoms with van der Waals surface area (Å²) < 4.78 is 0.774. The van der Waals surface area contributed by atoms with E-state index in [1.54, 1.807) is 0 Å². The molecule has 0 aliphatic carbocycles. The monoisotopic (exact) mass is 398 g/mol. The van der Waals surface area contributed by atoms with Crippen molar-refractivity contribution in [3.8, 4) is 0 Å². The second kappa shape index (κ2) is 9.53. The van der Waals surface area contributed by atoms with Crippen LogP contribution in [-0.4, -0.2) is 28.4 Å². The van der Waals surface area contributed by atoms with E-state index in [4.69, 9.17) is 0 Å². The van der Waals surface area contributed by atoms with Crippen LogP contribution in [0.15, 0.2) is 58.9 Å². The summed E-state index contributed by atoms with van der Waals surface area (Å²) >= 11 is 2.85. The van der Waals surface area contributed by atoms with Crippen LogP contribution in [0.1, 0.15) is 24.0 Å². The summed E-state index contributed by atoms with van der Waals surface area (Å²) in [5, 5.41) is 15.2. The average molecular weight is 399 g/mol. The highest BCUT2D eigenvalue weighted by molar-refractivity contribution is 8.01. The van der Waals surface area contributed by atoms with Gasteiger partial charge in [-0.2, -0.15) is 0 Å². The maximum absolute atomic E-state index is 12.1. The van der Waals surface area contributed by atoms with Crippen molar-refractivity contribution in [2.45, 2.75) is 24.1 Å². The molecule has 1 amide bonds. The number of thioether (sulfide) groups is 1. The summed E-state index contributed by atoms with van der Waals surface area (Å²) in [6.45, 7) is 4.78. The molecule has 2 N–H and O–H groups in total. The zero-order chi connectivity index (χ0) is 19.1. The van der Waals surface area contributed by atoms with E-state index in [2.05, 4.69) is 46.8 Å². The highest BCUT2D eigenvalue weighted by Gasteiger charge is 2.10. The fourth-order valence-corrected chi connectivity index (χ4v) is 4.03. The molecule has 140 valence electrons. The lowest BCUT2D eigenvalue weighted by Crippen LogP contribution is -2.28. The Morgan fingerprint density at radius 2 is 1.85 bits per heavy atom. The molecule has 3 rings (SSSR count). The first kappa shape index (κ1) is 19.4. The molecule has 0 fully saturated rings. The quantitative estimate of drug-likeness (QED) is 0.543. The van der Waals surface area contributed by atoms with E-state index in [9.17, 15) is 4.79 Å². The topological polar surface area (TPSA) is 66.9 Å². The van der Waals surface area contributed by atoms with Gasteiger partial charge in [0, 0.05) is 12.2 Å². The Balaban J connectivity index is 1.42. The third-order valence-electron chi connectivity index (χ3n) is 4.01.